The van der Waals surface area contributed by atoms with Crippen molar-refractivity contribution in [3.63, 3.8) is 0 Å². The van der Waals surface area contributed by atoms with E-state index in [2.05, 4.69) is 10.6 Å². The largest absolute Gasteiger partial charge is 0.322 e. The quantitative estimate of drug-likeness (QED) is 0.672. The standard InChI is InChI=1S/C21H17ClN2O2/c1-14-5-2-9-18(11-14)23-21(26)16-7-4-10-19(13-16)24-20(25)15-6-3-8-17(22)12-15/h2-13H,1H3,(H,23,26)(H,24,25). The van der Waals surface area contributed by atoms with Crippen LogP contribution in [0.5, 0.6) is 0 Å². The van der Waals surface area contributed by atoms with Gasteiger partial charge in [0, 0.05) is 27.5 Å². The Bertz CT molecular complexity index is 969. The first-order valence-electron chi connectivity index (χ1n) is 8.06. The molecule has 0 heterocycles. The van der Waals surface area contributed by atoms with Crippen molar-refractivity contribution in [3.8, 4) is 0 Å². The third-order valence-corrected chi connectivity index (χ3v) is 3.98. The number of anilines is 2. The van der Waals surface area contributed by atoms with Crippen molar-refractivity contribution in [3.05, 3.63) is 94.5 Å². The Morgan fingerprint density at radius 1 is 0.731 bits per heavy atom. The number of carbonyl (C=O) groups is 2. The highest BCUT2D eigenvalue weighted by Gasteiger charge is 2.10. The highest BCUT2D eigenvalue weighted by molar-refractivity contribution is 6.31. The molecule has 0 aliphatic carbocycles. The summed E-state index contributed by atoms with van der Waals surface area (Å²) in [5, 5.41) is 6.12. The molecule has 130 valence electrons. The number of rotatable bonds is 4. The summed E-state index contributed by atoms with van der Waals surface area (Å²) in [6.45, 7) is 1.96. The maximum atomic E-state index is 12.4. The number of benzene rings is 3. The second-order valence-corrected chi connectivity index (χ2v) is 6.31. The molecule has 4 nitrogen and oxygen atoms in total. The number of halogens is 1. The fraction of sp³-hybridized carbons (Fsp3) is 0.0476. The molecule has 3 aromatic carbocycles. The van der Waals surface area contributed by atoms with E-state index in [9.17, 15) is 9.59 Å². The number of amides is 2. The normalized spacial score (nSPS) is 10.2. The van der Waals surface area contributed by atoms with Crippen LogP contribution < -0.4 is 10.6 Å². The zero-order valence-corrected chi connectivity index (χ0v) is 14.9. The van der Waals surface area contributed by atoms with E-state index in [0.29, 0.717) is 21.8 Å². The van der Waals surface area contributed by atoms with Gasteiger partial charge in [-0.05, 0) is 61.0 Å². The van der Waals surface area contributed by atoms with Gasteiger partial charge in [0.25, 0.3) is 11.8 Å². The van der Waals surface area contributed by atoms with Crippen LogP contribution in [0.4, 0.5) is 11.4 Å². The monoisotopic (exact) mass is 364 g/mol. The Morgan fingerprint density at radius 3 is 1.88 bits per heavy atom. The van der Waals surface area contributed by atoms with Crippen molar-refractivity contribution < 1.29 is 9.59 Å². The summed E-state index contributed by atoms with van der Waals surface area (Å²) in [6.07, 6.45) is 0. The molecule has 0 aliphatic heterocycles. The first-order chi connectivity index (χ1) is 12.5. The summed E-state index contributed by atoms with van der Waals surface area (Å²) < 4.78 is 0. The lowest BCUT2D eigenvalue weighted by atomic mass is 10.1. The molecule has 0 fully saturated rings. The molecule has 26 heavy (non-hydrogen) atoms. The van der Waals surface area contributed by atoms with Crippen LogP contribution in [0.15, 0.2) is 72.8 Å². The van der Waals surface area contributed by atoms with E-state index in [1.807, 2.05) is 31.2 Å². The van der Waals surface area contributed by atoms with E-state index in [1.165, 1.54) is 0 Å². The lowest BCUT2D eigenvalue weighted by Crippen LogP contribution is -2.14. The molecule has 5 heteroatoms. The number of nitrogens with one attached hydrogen (secondary N) is 2. The minimum Gasteiger partial charge on any atom is -0.322 e. The predicted octanol–water partition coefficient (Wildman–Crippen LogP) is 5.15. The summed E-state index contributed by atoms with van der Waals surface area (Å²) in [5.74, 6) is -0.529. The Morgan fingerprint density at radius 2 is 1.27 bits per heavy atom. The van der Waals surface area contributed by atoms with Gasteiger partial charge in [0.15, 0.2) is 0 Å². The van der Waals surface area contributed by atoms with Gasteiger partial charge in [-0.3, -0.25) is 9.59 Å². The third-order valence-electron chi connectivity index (χ3n) is 3.75. The maximum Gasteiger partial charge on any atom is 0.255 e. The molecule has 0 saturated carbocycles. The minimum absolute atomic E-state index is 0.241. The lowest BCUT2D eigenvalue weighted by Gasteiger charge is -2.09. The summed E-state index contributed by atoms with van der Waals surface area (Å²) in [6, 6.07) is 21.0. The average Bonchev–Trinajstić information content (AvgIpc) is 2.62. The number of hydrogen-bond donors (Lipinski definition) is 2. The Labute approximate surface area is 156 Å². The molecule has 3 aromatic rings. The van der Waals surface area contributed by atoms with Crippen LogP contribution in [0.3, 0.4) is 0 Å². The van der Waals surface area contributed by atoms with Crippen LogP contribution in [0.25, 0.3) is 0 Å². The predicted molar refractivity (Wildman–Crippen MR) is 105 cm³/mol. The molecule has 0 unspecified atom stereocenters. The summed E-state index contributed by atoms with van der Waals surface area (Å²) in [4.78, 5) is 24.7. The molecule has 2 amide bonds. The highest BCUT2D eigenvalue weighted by atomic mass is 35.5. The van der Waals surface area contributed by atoms with Gasteiger partial charge in [0.2, 0.25) is 0 Å². The Kier molecular flexibility index (Phi) is 5.34. The van der Waals surface area contributed by atoms with Crippen molar-refractivity contribution in [1.82, 2.24) is 0 Å². The second kappa shape index (κ2) is 7.85. The summed E-state index contributed by atoms with van der Waals surface area (Å²) >= 11 is 5.91. The van der Waals surface area contributed by atoms with Crippen molar-refractivity contribution in [2.24, 2.45) is 0 Å². The van der Waals surface area contributed by atoms with Crippen molar-refractivity contribution in [2.75, 3.05) is 10.6 Å². The fourth-order valence-corrected chi connectivity index (χ4v) is 2.69. The van der Waals surface area contributed by atoms with Crippen LogP contribution >= 0.6 is 11.6 Å². The molecule has 0 radical (unpaired) electrons. The second-order valence-electron chi connectivity index (χ2n) is 5.87. The molecular formula is C21H17ClN2O2. The fourth-order valence-electron chi connectivity index (χ4n) is 2.50. The van der Waals surface area contributed by atoms with Gasteiger partial charge >= 0.3 is 0 Å². The molecule has 3 rings (SSSR count). The zero-order chi connectivity index (χ0) is 18.5. The number of hydrogen-bond acceptors (Lipinski definition) is 2. The van der Waals surface area contributed by atoms with Crippen LogP contribution in [0.2, 0.25) is 5.02 Å². The molecule has 0 aromatic heterocycles. The van der Waals surface area contributed by atoms with Crippen molar-refractivity contribution >= 4 is 34.8 Å². The number of carbonyl (C=O) groups excluding carboxylic acids is 2. The summed E-state index contributed by atoms with van der Waals surface area (Å²) in [5.41, 5.74) is 3.23. The average molecular weight is 365 g/mol. The van der Waals surface area contributed by atoms with Crippen LogP contribution in [-0.2, 0) is 0 Å². The van der Waals surface area contributed by atoms with E-state index < -0.39 is 0 Å². The van der Waals surface area contributed by atoms with Gasteiger partial charge < -0.3 is 10.6 Å². The molecule has 0 spiro atoms. The SMILES string of the molecule is Cc1cccc(NC(=O)c2cccc(NC(=O)c3cccc(Cl)c3)c2)c1. The first-order valence-corrected chi connectivity index (χ1v) is 8.44. The lowest BCUT2D eigenvalue weighted by molar-refractivity contribution is 0.101. The number of aryl methyl sites for hydroxylation is 1. The van der Waals surface area contributed by atoms with Gasteiger partial charge in [-0.25, -0.2) is 0 Å². The van der Waals surface area contributed by atoms with Crippen molar-refractivity contribution in [1.29, 1.82) is 0 Å². The van der Waals surface area contributed by atoms with Gasteiger partial charge in [0.05, 0.1) is 0 Å². The van der Waals surface area contributed by atoms with Crippen LogP contribution in [0.1, 0.15) is 26.3 Å². The smallest absolute Gasteiger partial charge is 0.255 e. The summed E-state index contributed by atoms with van der Waals surface area (Å²) in [7, 11) is 0. The topological polar surface area (TPSA) is 58.2 Å². The van der Waals surface area contributed by atoms with Crippen molar-refractivity contribution in [2.45, 2.75) is 6.92 Å². The van der Waals surface area contributed by atoms with Crippen LogP contribution in [-0.4, -0.2) is 11.8 Å². The third kappa shape index (κ3) is 4.49. The molecule has 0 aliphatic rings. The molecular weight excluding hydrogens is 348 g/mol. The van der Waals surface area contributed by atoms with E-state index in [-0.39, 0.29) is 11.8 Å². The van der Waals surface area contributed by atoms with E-state index in [4.69, 9.17) is 11.6 Å². The minimum atomic E-state index is -0.288. The Hall–Kier alpha value is -3.11. The van der Waals surface area contributed by atoms with Gasteiger partial charge in [0.1, 0.15) is 0 Å². The zero-order valence-electron chi connectivity index (χ0n) is 14.1. The van der Waals surface area contributed by atoms with Crippen LogP contribution in [0, 0.1) is 6.92 Å². The molecule has 0 bridgehead atoms. The molecule has 0 atom stereocenters. The van der Waals surface area contributed by atoms with Gasteiger partial charge in [-0.1, -0.05) is 35.9 Å². The van der Waals surface area contributed by atoms with E-state index >= 15 is 0 Å². The first kappa shape index (κ1) is 17.7. The van der Waals surface area contributed by atoms with E-state index in [1.54, 1.807) is 48.5 Å². The van der Waals surface area contributed by atoms with Gasteiger partial charge in [-0.2, -0.15) is 0 Å². The van der Waals surface area contributed by atoms with E-state index in [0.717, 1.165) is 11.3 Å². The van der Waals surface area contributed by atoms with Gasteiger partial charge in [-0.15, -0.1) is 0 Å². The maximum absolute atomic E-state index is 12.4. The Balaban J connectivity index is 1.73. The molecule has 0 saturated heterocycles. The highest BCUT2D eigenvalue weighted by Crippen LogP contribution is 2.17. The molecule has 2 N–H and O–H groups in total.